The number of nitrogens with two attached hydrogens (primary N) is 1. The molecule has 0 aromatic heterocycles. The van der Waals surface area contributed by atoms with Gasteiger partial charge in [-0.2, -0.15) is 0 Å². The third-order valence-electron chi connectivity index (χ3n) is 2.12. The number of ether oxygens (including phenoxy) is 2. The number of rotatable bonds is 4. The van der Waals surface area contributed by atoms with Crippen molar-refractivity contribution >= 4 is 23.0 Å². The molecule has 0 spiro atoms. The fourth-order valence-corrected chi connectivity index (χ4v) is 1.25. The third kappa shape index (κ3) is 5.67. The van der Waals surface area contributed by atoms with Gasteiger partial charge in [-0.05, 0) is 24.1 Å². The molecule has 1 atom stereocenters. The molecule has 0 saturated heterocycles. The van der Waals surface area contributed by atoms with Gasteiger partial charge in [0, 0.05) is 0 Å². The Morgan fingerprint density at radius 3 is 2.24 bits per heavy atom. The van der Waals surface area contributed by atoms with Crippen molar-refractivity contribution in [3.63, 3.8) is 0 Å². The smallest absolute Gasteiger partial charge is 0.322 e. The SMILES string of the molecule is Br.COC(=O)C(N)Cc1ccc(OC)cc1.N. The van der Waals surface area contributed by atoms with Gasteiger partial charge in [0.2, 0.25) is 0 Å². The van der Waals surface area contributed by atoms with Crippen molar-refractivity contribution in [1.29, 1.82) is 0 Å². The normalized spacial score (nSPS) is 10.5. The summed E-state index contributed by atoms with van der Waals surface area (Å²) < 4.78 is 9.56. The van der Waals surface area contributed by atoms with E-state index in [1.165, 1.54) is 7.11 Å². The highest BCUT2D eigenvalue weighted by Gasteiger charge is 2.13. The quantitative estimate of drug-likeness (QED) is 0.821. The van der Waals surface area contributed by atoms with Crippen molar-refractivity contribution in [3.8, 4) is 5.75 Å². The van der Waals surface area contributed by atoms with E-state index >= 15 is 0 Å². The largest absolute Gasteiger partial charge is 0.497 e. The van der Waals surface area contributed by atoms with E-state index in [1.54, 1.807) is 7.11 Å². The van der Waals surface area contributed by atoms with Crippen LogP contribution in [0.15, 0.2) is 24.3 Å². The number of benzene rings is 1. The van der Waals surface area contributed by atoms with Crippen molar-refractivity contribution < 1.29 is 14.3 Å². The minimum atomic E-state index is -0.608. The summed E-state index contributed by atoms with van der Waals surface area (Å²) in [6.07, 6.45) is 0.469. The Morgan fingerprint density at radius 1 is 1.29 bits per heavy atom. The second-order valence-electron chi connectivity index (χ2n) is 3.18. The van der Waals surface area contributed by atoms with E-state index in [0.717, 1.165) is 11.3 Å². The molecular formula is C11H19BrN2O3. The van der Waals surface area contributed by atoms with Gasteiger partial charge in [-0.25, -0.2) is 0 Å². The first-order valence-electron chi connectivity index (χ1n) is 4.63. The molecule has 1 unspecified atom stereocenters. The van der Waals surface area contributed by atoms with E-state index in [1.807, 2.05) is 24.3 Å². The third-order valence-corrected chi connectivity index (χ3v) is 2.12. The minimum absolute atomic E-state index is 0. The second-order valence-corrected chi connectivity index (χ2v) is 3.18. The summed E-state index contributed by atoms with van der Waals surface area (Å²) >= 11 is 0. The molecule has 0 radical (unpaired) electrons. The fraction of sp³-hybridized carbons (Fsp3) is 0.364. The Bertz CT molecular complexity index is 330. The maximum absolute atomic E-state index is 11.1. The summed E-state index contributed by atoms with van der Waals surface area (Å²) in [5.41, 5.74) is 6.60. The zero-order valence-corrected chi connectivity index (χ0v) is 11.7. The fourth-order valence-electron chi connectivity index (χ4n) is 1.25. The summed E-state index contributed by atoms with van der Waals surface area (Å²) in [6, 6.07) is 6.81. The molecule has 5 nitrogen and oxygen atoms in total. The predicted octanol–water partition coefficient (Wildman–Crippen LogP) is 1.48. The van der Waals surface area contributed by atoms with Crippen LogP contribution in [-0.4, -0.2) is 26.2 Å². The molecule has 1 aromatic rings. The molecule has 0 amide bonds. The highest BCUT2D eigenvalue weighted by molar-refractivity contribution is 8.93. The van der Waals surface area contributed by atoms with Crippen molar-refractivity contribution in [3.05, 3.63) is 29.8 Å². The van der Waals surface area contributed by atoms with Crippen LogP contribution in [0.4, 0.5) is 0 Å². The Labute approximate surface area is 112 Å². The highest BCUT2D eigenvalue weighted by atomic mass is 79.9. The Hall–Kier alpha value is -1.11. The molecule has 0 saturated carbocycles. The molecule has 1 aromatic carbocycles. The van der Waals surface area contributed by atoms with Crippen LogP contribution in [0, 0.1) is 0 Å². The monoisotopic (exact) mass is 306 g/mol. The first kappa shape index (κ1) is 18.3. The molecule has 6 heteroatoms. The highest BCUT2D eigenvalue weighted by Crippen LogP contribution is 2.12. The predicted molar refractivity (Wildman–Crippen MR) is 72.0 cm³/mol. The van der Waals surface area contributed by atoms with Crippen LogP contribution in [0.3, 0.4) is 0 Å². The topological polar surface area (TPSA) is 96.5 Å². The zero-order valence-electron chi connectivity index (χ0n) is 10.0. The lowest BCUT2D eigenvalue weighted by molar-refractivity contribution is -0.142. The zero-order chi connectivity index (χ0) is 11.3. The number of hydrogen-bond donors (Lipinski definition) is 2. The minimum Gasteiger partial charge on any atom is -0.497 e. The molecule has 5 N–H and O–H groups in total. The van der Waals surface area contributed by atoms with Crippen LogP contribution in [0.25, 0.3) is 0 Å². The van der Waals surface area contributed by atoms with Crippen LogP contribution in [-0.2, 0) is 16.0 Å². The molecule has 0 heterocycles. The van der Waals surface area contributed by atoms with Crippen LogP contribution >= 0.6 is 17.0 Å². The van der Waals surface area contributed by atoms with Crippen molar-refractivity contribution in [1.82, 2.24) is 6.15 Å². The second kappa shape index (κ2) is 8.98. The van der Waals surface area contributed by atoms with E-state index in [9.17, 15) is 4.79 Å². The maximum Gasteiger partial charge on any atom is 0.322 e. The van der Waals surface area contributed by atoms with Gasteiger partial charge in [0.1, 0.15) is 11.8 Å². The number of carbonyl (C=O) groups excluding carboxylic acids is 1. The van der Waals surface area contributed by atoms with Crippen LogP contribution < -0.4 is 16.6 Å². The molecule has 0 fully saturated rings. The van der Waals surface area contributed by atoms with Gasteiger partial charge in [0.15, 0.2) is 0 Å². The summed E-state index contributed by atoms with van der Waals surface area (Å²) in [6.45, 7) is 0. The van der Waals surface area contributed by atoms with Crippen molar-refractivity contribution in [2.75, 3.05) is 14.2 Å². The van der Waals surface area contributed by atoms with Gasteiger partial charge >= 0.3 is 5.97 Å². The van der Waals surface area contributed by atoms with E-state index in [2.05, 4.69) is 4.74 Å². The number of hydrogen-bond acceptors (Lipinski definition) is 5. The van der Waals surface area contributed by atoms with Crippen molar-refractivity contribution in [2.24, 2.45) is 5.73 Å². The molecule has 17 heavy (non-hydrogen) atoms. The lowest BCUT2D eigenvalue weighted by Crippen LogP contribution is -2.33. The average molecular weight is 307 g/mol. The molecular weight excluding hydrogens is 288 g/mol. The molecule has 98 valence electrons. The van der Waals surface area contributed by atoms with Gasteiger partial charge < -0.3 is 21.4 Å². The number of halogens is 1. The first-order chi connectivity index (χ1) is 7.17. The molecule has 0 aliphatic heterocycles. The number of esters is 1. The van der Waals surface area contributed by atoms with E-state index in [4.69, 9.17) is 10.5 Å². The van der Waals surface area contributed by atoms with Crippen LogP contribution in [0.1, 0.15) is 5.56 Å². The molecule has 1 rings (SSSR count). The average Bonchev–Trinajstić information content (AvgIpc) is 2.29. The molecule has 0 bridgehead atoms. The van der Waals surface area contributed by atoms with E-state index in [0.29, 0.717) is 6.42 Å². The van der Waals surface area contributed by atoms with E-state index in [-0.39, 0.29) is 23.1 Å². The standard InChI is InChI=1S/C11H15NO3.BrH.H3N/c1-14-9-5-3-8(4-6-9)7-10(12)11(13)15-2;;/h3-6,10H,7,12H2,1-2H3;1H;1H3. The summed E-state index contributed by atoms with van der Waals surface area (Å²) in [5, 5.41) is 0. The van der Waals surface area contributed by atoms with E-state index < -0.39 is 12.0 Å². The molecule has 0 aliphatic carbocycles. The molecule has 0 aliphatic rings. The van der Waals surface area contributed by atoms with Crippen LogP contribution in [0.2, 0.25) is 0 Å². The summed E-state index contributed by atoms with van der Waals surface area (Å²) in [7, 11) is 2.94. The lowest BCUT2D eigenvalue weighted by Gasteiger charge is -2.09. The lowest BCUT2D eigenvalue weighted by atomic mass is 10.1. The van der Waals surface area contributed by atoms with Gasteiger partial charge in [0.05, 0.1) is 14.2 Å². The van der Waals surface area contributed by atoms with Gasteiger partial charge in [-0.15, -0.1) is 17.0 Å². The Balaban J connectivity index is 0. The van der Waals surface area contributed by atoms with Gasteiger partial charge in [-0.3, -0.25) is 4.79 Å². The summed E-state index contributed by atoms with van der Waals surface area (Å²) in [5.74, 6) is 0.385. The van der Waals surface area contributed by atoms with Crippen molar-refractivity contribution in [2.45, 2.75) is 12.5 Å². The maximum atomic E-state index is 11.1. The Morgan fingerprint density at radius 2 is 1.82 bits per heavy atom. The number of carbonyl (C=O) groups is 1. The summed E-state index contributed by atoms with van der Waals surface area (Å²) in [4.78, 5) is 11.1. The first-order valence-corrected chi connectivity index (χ1v) is 4.63. The Kier molecular flexibility index (Phi) is 9.64. The number of methoxy groups -OCH3 is 2. The van der Waals surface area contributed by atoms with Gasteiger partial charge in [0.25, 0.3) is 0 Å². The van der Waals surface area contributed by atoms with Crippen LogP contribution in [0.5, 0.6) is 5.75 Å². The van der Waals surface area contributed by atoms with Gasteiger partial charge in [-0.1, -0.05) is 12.1 Å².